The van der Waals surface area contributed by atoms with E-state index >= 15 is 0 Å². The molecule has 0 saturated heterocycles. The number of aryl methyl sites for hydroxylation is 2. The molecule has 0 heterocycles. The van der Waals surface area contributed by atoms with Crippen LogP contribution in [-0.4, -0.2) is 11.9 Å². The van der Waals surface area contributed by atoms with Crippen molar-refractivity contribution in [1.82, 2.24) is 0 Å². The molecule has 5 heteroatoms. The van der Waals surface area contributed by atoms with Gasteiger partial charge in [-0.25, -0.2) is 4.79 Å². The standard InChI is InChI=1S/C16H17N3O2/c1-10-6-7-11(2)14(8-10)19-15(20)12-4-3-5-13(9-12)18-16(17)21/h3-9H,1-2H3,(H,19,20)(H3,17,18,21). The lowest BCUT2D eigenvalue weighted by atomic mass is 10.1. The predicted octanol–water partition coefficient (Wildman–Crippen LogP) is 3.05. The minimum atomic E-state index is -0.665. The number of nitrogens with two attached hydrogens (primary N) is 1. The van der Waals surface area contributed by atoms with E-state index < -0.39 is 6.03 Å². The van der Waals surface area contributed by atoms with Gasteiger partial charge in [0, 0.05) is 16.9 Å². The summed E-state index contributed by atoms with van der Waals surface area (Å²) in [6.45, 7) is 3.90. The van der Waals surface area contributed by atoms with Crippen LogP contribution in [-0.2, 0) is 0 Å². The molecule has 0 fully saturated rings. The van der Waals surface area contributed by atoms with Crippen LogP contribution in [0.4, 0.5) is 16.2 Å². The van der Waals surface area contributed by atoms with E-state index in [1.54, 1.807) is 24.3 Å². The van der Waals surface area contributed by atoms with Crippen molar-refractivity contribution in [2.24, 2.45) is 5.73 Å². The normalized spacial score (nSPS) is 10.0. The van der Waals surface area contributed by atoms with Crippen LogP contribution in [0, 0.1) is 13.8 Å². The Balaban J connectivity index is 2.20. The summed E-state index contributed by atoms with van der Waals surface area (Å²) in [4.78, 5) is 23.1. The molecule has 0 aliphatic rings. The van der Waals surface area contributed by atoms with Crippen LogP contribution >= 0.6 is 0 Å². The second-order valence-electron chi connectivity index (χ2n) is 4.84. The predicted molar refractivity (Wildman–Crippen MR) is 83.5 cm³/mol. The van der Waals surface area contributed by atoms with Crippen molar-refractivity contribution in [3.8, 4) is 0 Å². The van der Waals surface area contributed by atoms with Gasteiger partial charge in [-0.15, -0.1) is 0 Å². The molecule has 0 aliphatic carbocycles. The highest BCUT2D eigenvalue weighted by molar-refractivity contribution is 6.05. The number of rotatable bonds is 3. The number of hydrogen-bond donors (Lipinski definition) is 3. The third-order valence-electron chi connectivity index (χ3n) is 3.03. The number of hydrogen-bond acceptors (Lipinski definition) is 2. The van der Waals surface area contributed by atoms with Crippen molar-refractivity contribution in [3.63, 3.8) is 0 Å². The van der Waals surface area contributed by atoms with Gasteiger partial charge in [-0.3, -0.25) is 4.79 Å². The molecule has 108 valence electrons. The van der Waals surface area contributed by atoms with Gasteiger partial charge in [0.1, 0.15) is 0 Å². The Labute approximate surface area is 123 Å². The number of amides is 3. The number of carbonyl (C=O) groups excluding carboxylic acids is 2. The van der Waals surface area contributed by atoms with Gasteiger partial charge in [-0.05, 0) is 49.2 Å². The van der Waals surface area contributed by atoms with Crippen molar-refractivity contribution in [3.05, 3.63) is 59.2 Å². The fraction of sp³-hybridized carbons (Fsp3) is 0.125. The van der Waals surface area contributed by atoms with Crippen molar-refractivity contribution < 1.29 is 9.59 Å². The van der Waals surface area contributed by atoms with Crippen molar-refractivity contribution in [2.75, 3.05) is 10.6 Å². The highest BCUT2D eigenvalue weighted by atomic mass is 16.2. The first-order chi connectivity index (χ1) is 9.95. The maximum atomic E-state index is 12.3. The van der Waals surface area contributed by atoms with Crippen LogP contribution < -0.4 is 16.4 Å². The van der Waals surface area contributed by atoms with Crippen LogP contribution in [0.5, 0.6) is 0 Å². The van der Waals surface area contributed by atoms with Crippen LogP contribution in [0.3, 0.4) is 0 Å². The number of nitrogens with one attached hydrogen (secondary N) is 2. The average molecular weight is 283 g/mol. The topological polar surface area (TPSA) is 84.2 Å². The summed E-state index contributed by atoms with van der Waals surface area (Å²) >= 11 is 0. The van der Waals surface area contributed by atoms with E-state index in [0.29, 0.717) is 11.3 Å². The number of benzene rings is 2. The third kappa shape index (κ3) is 3.82. The van der Waals surface area contributed by atoms with Gasteiger partial charge in [0.15, 0.2) is 0 Å². The minimum Gasteiger partial charge on any atom is -0.351 e. The van der Waals surface area contributed by atoms with E-state index in [-0.39, 0.29) is 5.91 Å². The van der Waals surface area contributed by atoms with Gasteiger partial charge < -0.3 is 16.4 Å². The van der Waals surface area contributed by atoms with E-state index in [1.165, 1.54) is 0 Å². The molecule has 3 amide bonds. The molecule has 21 heavy (non-hydrogen) atoms. The first-order valence-corrected chi connectivity index (χ1v) is 6.51. The number of urea groups is 1. The summed E-state index contributed by atoms with van der Waals surface area (Å²) in [6.07, 6.45) is 0. The third-order valence-corrected chi connectivity index (χ3v) is 3.03. The second-order valence-corrected chi connectivity index (χ2v) is 4.84. The molecule has 0 aliphatic heterocycles. The summed E-state index contributed by atoms with van der Waals surface area (Å²) in [5.74, 6) is -0.239. The molecule has 0 aromatic heterocycles. The Morgan fingerprint density at radius 2 is 1.76 bits per heavy atom. The van der Waals surface area contributed by atoms with Gasteiger partial charge in [-0.2, -0.15) is 0 Å². The van der Waals surface area contributed by atoms with Gasteiger partial charge in [-0.1, -0.05) is 18.2 Å². The molecule has 2 rings (SSSR count). The lowest BCUT2D eigenvalue weighted by Gasteiger charge is -2.10. The zero-order chi connectivity index (χ0) is 15.4. The second kappa shape index (κ2) is 6.09. The first kappa shape index (κ1) is 14.6. The van der Waals surface area contributed by atoms with Gasteiger partial charge in [0.05, 0.1) is 0 Å². The number of primary amides is 1. The molecular weight excluding hydrogens is 266 g/mol. The Kier molecular flexibility index (Phi) is 4.23. The minimum absolute atomic E-state index is 0.239. The molecule has 5 nitrogen and oxygen atoms in total. The van der Waals surface area contributed by atoms with E-state index in [1.807, 2.05) is 32.0 Å². The van der Waals surface area contributed by atoms with Gasteiger partial charge >= 0.3 is 6.03 Å². The molecule has 0 radical (unpaired) electrons. The monoisotopic (exact) mass is 283 g/mol. The van der Waals surface area contributed by atoms with Crippen LogP contribution in [0.2, 0.25) is 0 Å². The quantitative estimate of drug-likeness (QED) is 0.808. The molecule has 2 aromatic carbocycles. The van der Waals surface area contributed by atoms with Crippen LogP contribution in [0.25, 0.3) is 0 Å². The number of carbonyl (C=O) groups is 2. The van der Waals surface area contributed by atoms with Crippen molar-refractivity contribution >= 4 is 23.3 Å². The smallest absolute Gasteiger partial charge is 0.316 e. The summed E-state index contributed by atoms with van der Waals surface area (Å²) < 4.78 is 0. The van der Waals surface area contributed by atoms with E-state index in [0.717, 1.165) is 16.8 Å². The SMILES string of the molecule is Cc1ccc(C)c(NC(=O)c2cccc(NC(N)=O)c2)c1. The van der Waals surface area contributed by atoms with Crippen molar-refractivity contribution in [1.29, 1.82) is 0 Å². The lowest BCUT2D eigenvalue weighted by Crippen LogP contribution is -2.20. The molecule has 0 spiro atoms. The highest BCUT2D eigenvalue weighted by Crippen LogP contribution is 2.18. The molecule has 0 bridgehead atoms. The molecule has 0 saturated carbocycles. The summed E-state index contributed by atoms with van der Waals surface area (Å²) in [7, 11) is 0. The van der Waals surface area contributed by atoms with Crippen LogP contribution in [0.1, 0.15) is 21.5 Å². The summed E-state index contributed by atoms with van der Waals surface area (Å²) in [6, 6.07) is 11.8. The maximum absolute atomic E-state index is 12.3. The molecule has 0 atom stereocenters. The number of anilines is 2. The zero-order valence-electron chi connectivity index (χ0n) is 11.9. The van der Waals surface area contributed by atoms with Crippen molar-refractivity contribution in [2.45, 2.75) is 13.8 Å². The molecule has 2 aromatic rings. The summed E-state index contributed by atoms with van der Waals surface area (Å²) in [5.41, 5.74) is 8.82. The molecular formula is C16H17N3O2. The largest absolute Gasteiger partial charge is 0.351 e. The van der Waals surface area contributed by atoms with E-state index in [2.05, 4.69) is 10.6 Å². The van der Waals surface area contributed by atoms with E-state index in [4.69, 9.17) is 5.73 Å². The fourth-order valence-electron chi connectivity index (χ4n) is 1.95. The molecule has 4 N–H and O–H groups in total. The Bertz CT molecular complexity index is 696. The van der Waals surface area contributed by atoms with Gasteiger partial charge in [0.2, 0.25) is 0 Å². The Morgan fingerprint density at radius 1 is 1.00 bits per heavy atom. The Morgan fingerprint density at radius 3 is 2.48 bits per heavy atom. The van der Waals surface area contributed by atoms with Crippen LogP contribution in [0.15, 0.2) is 42.5 Å². The average Bonchev–Trinajstić information content (AvgIpc) is 2.42. The lowest BCUT2D eigenvalue weighted by molar-refractivity contribution is 0.102. The van der Waals surface area contributed by atoms with E-state index in [9.17, 15) is 9.59 Å². The van der Waals surface area contributed by atoms with Gasteiger partial charge in [0.25, 0.3) is 5.91 Å². The Hall–Kier alpha value is -2.82. The maximum Gasteiger partial charge on any atom is 0.316 e. The highest BCUT2D eigenvalue weighted by Gasteiger charge is 2.09. The first-order valence-electron chi connectivity index (χ1n) is 6.51. The summed E-state index contributed by atoms with van der Waals surface area (Å²) in [5, 5.41) is 5.31. The zero-order valence-corrected chi connectivity index (χ0v) is 11.9. The molecule has 0 unspecified atom stereocenters. The fourth-order valence-corrected chi connectivity index (χ4v) is 1.95.